The maximum absolute atomic E-state index is 12.0. The van der Waals surface area contributed by atoms with Crippen molar-refractivity contribution >= 4 is 5.91 Å². The second-order valence-electron chi connectivity index (χ2n) is 5.82. The third-order valence-electron chi connectivity index (χ3n) is 3.24. The smallest absolute Gasteiger partial charge is 0.258 e. The molecule has 118 valence electrons. The number of rotatable bonds is 8. The van der Waals surface area contributed by atoms with Crippen LogP contribution in [0.1, 0.15) is 19.4 Å². The van der Waals surface area contributed by atoms with E-state index in [4.69, 9.17) is 10.5 Å². The molecule has 0 fully saturated rings. The van der Waals surface area contributed by atoms with Crippen LogP contribution in [0.25, 0.3) is 0 Å². The van der Waals surface area contributed by atoms with Gasteiger partial charge >= 0.3 is 0 Å². The molecule has 0 saturated heterocycles. The molecular formula is C16H27N3O2. The fraction of sp³-hybridized carbons (Fsp3) is 0.562. The Bertz CT molecular complexity index is 430. The molecule has 0 heterocycles. The number of nitrogens with zero attached hydrogens (tertiary/aromatic N) is 1. The van der Waals surface area contributed by atoms with E-state index in [1.807, 2.05) is 38.4 Å². The van der Waals surface area contributed by atoms with Crippen molar-refractivity contribution in [2.45, 2.75) is 26.4 Å². The highest BCUT2D eigenvalue weighted by molar-refractivity contribution is 5.77. The summed E-state index contributed by atoms with van der Waals surface area (Å²) in [5, 5.41) is 3.01. The van der Waals surface area contributed by atoms with Gasteiger partial charge in [0.15, 0.2) is 6.61 Å². The van der Waals surface area contributed by atoms with Gasteiger partial charge in [-0.3, -0.25) is 4.79 Å². The molecule has 0 aliphatic heterocycles. The first-order valence-electron chi connectivity index (χ1n) is 7.28. The number of amides is 1. The summed E-state index contributed by atoms with van der Waals surface area (Å²) in [5.41, 5.74) is 6.58. The van der Waals surface area contributed by atoms with Gasteiger partial charge in [-0.25, -0.2) is 0 Å². The largest absolute Gasteiger partial charge is 0.484 e. The van der Waals surface area contributed by atoms with Gasteiger partial charge < -0.3 is 20.7 Å². The molecule has 1 amide bonds. The van der Waals surface area contributed by atoms with E-state index in [9.17, 15) is 4.79 Å². The van der Waals surface area contributed by atoms with Crippen LogP contribution in [0, 0.1) is 5.92 Å². The molecule has 0 spiro atoms. The van der Waals surface area contributed by atoms with Gasteiger partial charge in [-0.05, 0) is 37.7 Å². The van der Waals surface area contributed by atoms with Crippen LogP contribution < -0.4 is 15.8 Å². The third-order valence-corrected chi connectivity index (χ3v) is 3.24. The summed E-state index contributed by atoms with van der Waals surface area (Å²) in [5.74, 6) is 0.953. The lowest BCUT2D eigenvalue weighted by Crippen LogP contribution is -2.46. The minimum absolute atomic E-state index is 0.0264. The maximum atomic E-state index is 12.0. The molecule has 0 aliphatic rings. The monoisotopic (exact) mass is 293 g/mol. The van der Waals surface area contributed by atoms with E-state index in [1.54, 1.807) is 0 Å². The molecule has 3 N–H and O–H groups in total. The molecule has 0 aliphatic carbocycles. The summed E-state index contributed by atoms with van der Waals surface area (Å²) in [7, 11) is 3.99. The number of benzene rings is 1. The van der Waals surface area contributed by atoms with Gasteiger partial charge in [-0.15, -0.1) is 0 Å². The maximum Gasteiger partial charge on any atom is 0.258 e. The lowest BCUT2D eigenvalue weighted by molar-refractivity contribution is -0.124. The van der Waals surface area contributed by atoms with Crippen molar-refractivity contribution in [3.05, 3.63) is 29.8 Å². The van der Waals surface area contributed by atoms with E-state index in [-0.39, 0.29) is 18.6 Å². The summed E-state index contributed by atoms with van der Waals surface area (Å²) in [6.45, 7) is 5.54. The van der Waals surface area contributed by atoms with Crippen molar-refractivity contribution in [1.82, 2.24) is 10.2 Å². The van der Waals surface area contributed by atoms with Crippen molar-refractivity contribution in [3.8, 4) is 5.75 Å². The van der Waals surface area contributed by atoms with E-state index in [0.29, 0.717) is 18.2 Å². The van der Waals surface area contributed by atoms with Crippen molar-refractivity contribution in [2.24, 2.45) is 11.7 Å². The van der Waals surface area contributed by atoms with Crippen LogP contribution in [0.5, 0.6) is 5.75 Å². The topological polar surface area (TPSA) is 67.6 Å². The molecule has 0 radical (unpaired) electrons. The Labute approximate surface area is 127 Å². The van der Waals surface area contributed by atoms with Crippen LogP contribution in [0.3, 0.4) is 0 Å². The Morgan fingerprint density at radius 1 is 1.29 bits per heavy atom. The van der Waals surface area contributed by atoms with Crippen molar-refractivity contribution in [1.29, 1.82) is 0 Å². The number of nitrogens with two attached hydrogens (primary N) is 1. The predicted molar refractivity (Wildman–Crippen MR) is 85.2 cm³/mol. The highest BCUT2D eigenvalue weighted by atomic mass is 16.5. The Hall–Kier alpha value is -1.59. The van der Waals surface area contributed by atoms with Gasteiger partial charge in [0.2, 0.25) is 0 Å². The summed E-state index contributed by atoms with van der Waals surface area (Å²) in [4.78, 5) is 14.0. The first kappa shape index (κ1) is 17.5. The van der Waals surface area contributed by atoms with E-state index in [0.717, 1.165) is 12.1 Å². The number of carbonyl (C=O) groups excluding carboxylic acids is 1. The minimum atomic E-state index is -0.0987. The Morgan fingerprint density at radius 3 is 2.38 bits per heavy atom. The average molecular weight is 293 g/mol. The quantitative estimate of drug-likeness (QED) is 0.756. The molecule has 1 atom stereocenters. The Balaban J connectivity index is 2.44. The second kappa shape index (κ2) is 8.64. The van der Waals surface area contributed by atoms with Crippen LogP contribution in [0.4, 0.5) is 0 Å². The zero-order chi connectivity index (χ0) is 15.8. The van der Waals surface area contributed by atoms with Crippen LogP contribution >= 0.6 is 0 Å². The van der Waals surface area contributed by atoms with Gasteiger partial charge in [-0.2, -0.15) is 0 Å². The number of nitrogens with one attached hydrogen (secondary N) is 1. The molecule has 1 aromatic carbocycles. The number of likely N-dealkylation sites (N-methyl/N-ethyl adjacent to an activating group) is 1. The van der Waals surface area contributed by atoms with Crippen LogP contribution in [-0.2, 0) is 11.3 Å². The first-order chi connectivity index (χ1) is 9.92. The minimum Gasteiger partial charge on any atom is -0.484 e. The predicted octanol–water partition coefficient (Wildman–Crippen LogP) is 1.23. The molecule has 1 unspecified atom stereocenters. The molecule has 0 aromatic heterocycles. The summed E-state index contributed by atoms with van der Waals surface area (Å²) in [6.07, 6.45) is 0. The molecule has 5 nitrogen and oxygen atoms in total. The average Bonchev–Trinajstić information content (AvgIpc) is 2.44. The fourth-order valence-corrected chi connectivity index (χ4v) is 1.94. The zero-order valence-electron chi connectivity index (χ0n) is 13.4. The van der Waals surface area contributed by atoms with Crippen molar-refractivity contribution in [3.63, 3.8) is 0 Å². The Kier molecular flexibility index (Phi) is 7.19. The zero-order valence-corrected chi connectivity index (χ0v) is 13.4. The first-order valence-corrected chi connectivity index (χ1v) is 7.28. The number of ether oxygens (including phenoxy) is 1. The van der Waals surface area contributed by atoms with Gasteiger partial charge in [0.25, 0.3) is 5.91 Å². The van der Waals surface area contributed by atoms with Crippen LogP contribution in [0.15, 0.2) is 24.3 Å². The van der Waals surface area contributed by atoms with E-state index in [1.165, 1.54) is 0 Å². The molecule has 0 bridgehead atoms. The second-order valence-corrected chi connectivity index (χ2v) is 5.82. The lowest BCUT2D eigenvalue weighted by Gasteiger charge is -2.25. The number of carbonyl (C=O) groups is 1. The van der Waals surface area contributed by atoms with Crippen molar-refractivity contribution < 1.29 is 9.53 Å². The highest BCUT2D eigenvalue weighted by Gasteiger charge is 2.17. The molecular weight excluding hydrogens is 266 g/mol. The van der Waals surface area contributed by atoms with Crippen LogP contribution in [0.2, 0.25) is 0 Å². The summed E-state index contributed by atoms with van der Waals surface area (Å²) >= 11 is 0. The standard InChI is InChI=1S/C16H27N3O2/c1-12(2)15(10-19(3)4)18-16(20)11-21-14-7-5-13(9-17)6-8-14/h5-8,12,15H,9-11,17H2,1-4H3,(H,18,20). The molecule has 1 rings (SSSR count). The number of hydrogen-bond acceptors (Lipinski definition) is 4. The van der Waals surface area contributed by atoms with E-state index in [2.05, 4.69) is 24.1 Å². The van der Waals surface area contributed by atoms with E-state index < -0.39 is 0 Å². The van der Waals surface area contributed by atoms with Gasteiger partial charge in [-0.1, -0.05) is 26.0 Å². The molecule has 21 heavy (non-hydrogen) atoms. The third kappa shape index (κ3) is 6.60. The molecule has 0 saturated carbocycles. The van der Waals surface area contributed by atoms with Gasteiger partial charge in [0, 0.05) is 19.1 Å². The summed E-state index contributed by atoms with van der Waals surface area (Å²) in [6, 6.07) is 7.58. The van der Waals surface area contributed by atoms with Crippen molar-refractivity contribution in [2.75, 3.05) is 27.2 Å². The Morgan fingerprint density at radius 2 is 1.90 bits per heavy atom. The molecule has 5 heteroatoms. The SMILES string of the molecule is CC(C)C(CN(C)C)NC(=O)COc1ccc(CN)cc1. The fourth-order valence-electron chi connectivity index (χ4n) is 1.94. The number of hydrogen-bond donors (Lipinski definition) is 2. The van der Waals surface area contributed by atoms with Gasteiger partial charge in [0.1, 0.15) is 5.75 Å². The lowest BCUT2D eigenvalue weighted by atomic mass is 10.0. The van der Waals surface area contributed by atoms with Crippen LogP contribution in [-0.4, -0.2) is 44.1 Å². The van der Waals surface area contributed by atoms with E-state index >= 15 is 0 Å². The normalized spacial score (nSPS) is 12.5. The van der Waals surface area contributed by atoms with Gasteiger partial charge in [0.05, 0.1) is 0 Å². The highest BCUT2D eigenvalue weighted by Crippen LogP contribution is 2.11. The summed E-state index contributed by atoms with van der Waals surface area (Å²) < 4.78 is 5.49. The molecule has 1 aromatic rings.